The molecule has 1 aromatic rings. The zero-order valence-electron chi connectivity index (χ0n) is 9.42. The molecule has 0 saturated heterocycles. The molecule has 1 heteroatoms. The molecular formula is C14H19N. The van der Waals surface area contributed by atoms with Gasteiger partial charge in [0.05, 0.1) is 0 Å². The Morgan fingerprint density at radius 1 is 1.33 bits per heavy atom. The van der Waals surface area contributed by atoms with Crippen molar-refractivity contribution in [1.82, 2.24) is 0 Å². The molecule has 1 nitrogen and oxygen atoms in total. The Balaban J connectivity index is 2.12. The third kappa shape index (κ3) is 1.33. The van der Waals surface area contributed by atoms with Crippen LogP contribution in [0, 0.1) is 6.92 Å². The monoisotopic (exact) mass is 201 g/mol. The van der Waals surface area contributed by atoms with Crippen LogP contribution in [-0.2, 0) is 5.41 Å². The van der Waals surface area contributed by atoms with Gasteiger partial charge in [0.15, 0.2) is 0 Å². The Morgan fingerprint density at radius 2 is 2.13 bits per heavy atom. The van der Waals surface area contributed by atoms with Gasteiger partial charge in [0, 0.05) is 0 Å². The predicted molar refractivity (Wildman–Crippen MR) is 63.1 cm³/mol. The van der Waals surface area contributed by atoms with Crippen LogP contribution in [0.25, 0.3) is 0 Å². The maximum atomic E-state index is 5.87. The van der Waals surface area contributed by atoms with Crippen molar-refractivity contribution in [1.29, 1.82) is 0 Å². The first-order chi connectivity index (χ1) is 7.25. The third-order valence-electron chi connectivity index (χ3n) is 4.33. The van der Waals surface area contributed by atoms with Crippen molar-refractivity contribution in [3.63, 3.8) is 0 Å². The minimum Gasteiger partial charge on any atom is -0.330 e. The van der Waals surface area contributed by atoms with E-state index in [1.807, 2.05) is 0 Å². The average molecular weight is 201 g/mol. The van der Waals surface area contributed by atoms with Crippen LogP contribution in [0.1, 0.15) is 48.3 Å². The molecule has 2 aliphatic carbocycles. The van der Waals surface area contributed by atoms with E-state index in [0.29, 0.717) is 11.3 Å². The summed E-state index contributed by atoms with van der Waals surface area (Å²) in [5.74, 6) is 0.617. The Hall–Kier alpha value is -0.820. The van der Waals surface area contributed by atoms with Gasteiger partial charge in [-0.2, -0.15) is 0 Å². The number of nitrogens with two attached hydrogens (primary N) is 1. The molecule has 2 N–H and O–H groups in total. The van der Waals surface area contributed by atoms with Crippen LogP contribution in [0.3, 0.4) is 0 Å². The fourth-order valence-electron chi connectivity index (χ4n) is 3.14. The van der Waals surface area contributed by atoms with Crippen LogP contribution in [0.4, 0.5) is 0 Å². The average Bonchev–Trinajstić information content (AvgIpc) is 3.01. The van der Waals surface area contributed by atoms with Gasteiger partial charge in [-0.25, -0.2) is 0 Å². The molecule has 1 saturated carbocycles. The van der Waals surface area contributed by atoms with Gasteiger partial charge in [-0.1, -0.05) is 23.8 Å². The van der Waals surface area contributed by atoms with Crippen molar-refractivity contribution in [3.8, 4) is 0 Å². The second-order valence-corrected chi connectivity index (χ2v) is 5.34. The summed E-state index contributed by atoms with van der Waals surface area (Å²) < 4.78 is 0. The molecule has 0 aliphatic heterocycles. The van der Waals surface area contributed by atoms with Crippen molar-refractivity contribution in [2.24, 2.45) is 5.73 Å². The molecule has 0 aromatic heterocycles. The Morgan fingerprint density at radius 3 is 2.80 bits per heavy atom. The van der Waals surface area contributed by atoms with Crippen molar-refractivity contribution in [3.05, 3.63) is 34.9 Å². The van der Waals surface area contributed by atoms with E-state index in [9.17, 15) is 0 Å². The normalized spacial score (nSPS) is 26.4. The fourth-order valence-corrected chi connectivity index (χ4v) is 3.14. The molecule has 1 spiro atoms. The maximum absolute atomic E-state index is 5.87. The van der Waals surface area contributed by atoms with Gasteiger partial charge in [-0.15, -0.1) is 0 Å². The molecule has 15 heavy (non-hydrogen) atoms. The molecule has 3 rings (SSSR count). The topological polar surface area (TPSA) is 26.0 Å². The Bertz CT molecular complexity index is 390. The molecule has 0 radical (unpaired) electrons. The largest absolute Gasteiger partial charge is 0.330 e. The molecule has 1 atom stereocenters. The van der Waals surface area contributed by atoms with E-state index >= 15 is 0 Å². The summed E-state index contributed by atoms with van der Waals surface area (Å²) in [7, 11) is 0. The third-order valence-corrected chi connectivity index (χ3v) is 4.33. The molecule has 1 unspecified atom stereocenters. The highest BCUT2D eigenvalue weighted by Gasteiger charge is 2.48. The lowest BCUT2D eigenvalue weighted by Crippen LogP contribution is -2.24. The van der Waals surface area contributed by atoms with Gasteiger partial charge in [-0.05, 0) is 61.6 Å². The number of aryl methyl sites for hydroxylation is 1. The lowest BCUT2D eigenvalue weighted by Gasteiger charge is -2.31. The highest BCUT2D eigenvalue weighted by Crippen LogP contribution is 2.57. The number of rotatable bonds is 1. The lowest BCUT2D eigenvalue weighted by atomic mass is 9.74. The molecule has 0 heterocycles. The summed E-state index contributed by atoms with van der Waals surface area (Å²) in [4.78, 5) is 0. The molecule has 1 fully saturated rings. The highest BCUT2D eigenvalue weighted by atomic mass is 14.6. The van der Waals surface area contributed by atoms with E-state index in [0.717, 1.165) is 6.54 Å². The zero-order valence-corrected chi connectivity index (χ0v) is 9.42. The molecule has 2 aliphatic rings. The zero-order chi connectivity index (χ0) is 10.5. The second kappa shape index (κ2) is 3.08. The molecule has 0 bridgehead atoms. The van der Waals surface area contributed by atoms with Crippen molar-refractivity contribution in [2.45, 2.75) is 43.9 Å². The summed E-state index contributed by atoms with van der Waals surface area (Å²) in [6, 6.07) is 6.97. The number of hydrogen-bond donors (Lipinski definition) is 1. The van der Waals surface area contributed by atoms with E-state index in [4.69, 9.17) is 5.73 Å². The van der Waals surface area contributed by atoms with Gasteiger partial charge in [-0.3, -0.25) is 0 Å². The van der Waals surface area contributed by atoms with Crippen molar-refractivity contribution < 1.29 is 0 Å². The first-order valence-electron chi connectivity index (χ1n) is 6.06. The van der Waals surface area contributed by atoms with Gasteiger partial charge in [0.2, 0.25) is 0 Å². The van der Waals surface area contributed by atoms with Crippen LogP contribution < -0.4 is 5.73 Å². The van der Waals surface area contributed by atoms with Crippen LogP contribution in [0.5, 0.6) is 0 Å². The summed E-state index contributed by atoms with van der Waals surface area (Å²) >= 11 is 0. The predicted octanol–water partition coefficient (Wildman–Crippen LogP) is 2.86. The quantitative estimate of drug-likeness (QED) is 0.743. The SMILES string of the molecule is Cc1ccc2c(c1)C1(CCC2CN)CC1. The summed E-state index contributed by atoms with van der Waals surface area (Å²) in [6.45, 7) is 3.01. The molecule has 0 amide bonds. The van der Waals surface area contributed by atoms with E-state index in [2.05, 4.69) is 25.1 Å². The smallest absolute Gasteiger partial charge is 0.000813 e. The van der Waals surface area contributed by atoms with E-state index in [1.165, 1.54) is 31.2 Å². The minimum atomic E-state index is 0.576. The Labute approximate surface area is 91.7 Å². The highest BCUT2D eigenvalue weighted by molar-refractivity contribution is 5.45. The van der Waals surface area contributed by atoms with E-state index in [1.54, 1.807) is 11.1 Å². The van der Waals surface area contributed by atoms with E-state index in [-0.39, 0.29) is 0 Å². The van der Waals surface area contributed by atoms with Crippen LogP contribution in [0.2, 0.25) is 0 Å². The second-order valence-electron chi connectivity index (χ2n) is 5.34. The number of hydrogen-bond acceptors (Lipinski definition) is 1. The maximum Gasteiger partial charge on any atom is -0.000813 e. The van der Waals surface area contributed by atoms with Gasteiger partial charge in [0.1, 0.15) is 0 Å². The van der Waals surface area contributed by atoms with Gasteiger partial charge >= 0.3 is 0 Å². The van der Waals surface area contributed by atoms with Crippen LogP contribution in [0.15, 0.2) is 18.2 Å². The summed E-state index contributed by atoms with van der Waals surface area (Å²) in [6.07, 6.45) is 5.47. The van der Waals surface area contributed by atoms with Crippen molar-refractivity contribution >= 4 is 0 Å². The summed E-state index contributed by atoms with van der Waals surface area (Å²) in [5.41, 5.74) is 11.0. The summed E-state index contributed by atoms with van der Waals surface area (Å²) in [5, 5.41) is 0. The first-order valence-corrected chi connectivity index (χ1v) is 6.06. The van der Waals surface area contributed by atoms with Gasteiger partial charge in [0.25, 0.3) is 0 Å². The van der Waals surface area contributed by atoms with E-state index < -0.39 is 0 Å². The fraction of sp³-hybridized carbons (Fsp3) is 0.571. The number of benzene rings is 1. The first kappa shape index (κ1) is 9.41. The molecule has 80 valence electrons. The van der Waals surface area contributed by atoms with Crippen LogP contribution in [-0.4, -0.2) is 6.54 Å². The van der Waals surface area contributed by atoms with Crippen molar-refractivity contribution in [2.75, 3.05) is 6.54 Å². The standard InChI is InChI=1S/C14H19N/c1-10-2-3-12-11(9-15)4-5-14(6-7-14)13(12)8-10/h2-3,8,11H,4-7,9,15H2,1H3. The molecule has 1 aromatic carbocycles. The lowest BCUT2D eigenvalue weighted by molar-refractivity contribution is 0.475. The van der Waals surface area contributed by atoms with Crippen LogP contribution >= 0.6 is 0 Å². The Kier molecular flexibility index (Phi) is 1.93. The number of fused-ring (bicyclic) bond motifs is 2. The minimum absolute atomic E-state index is 0.576. The molecular weight excluding hydrogens is 182 g/mol. The van der Waals surface area contributed by atoms with Gasteiger partial charge < -0.3 is 5.73 Å².